The second kappa shape index (κ2) is 8.77. The topological polar surface area (TPSA) is 93.0 Å². The standard InChI is InChI=1S/C18H19ClFN5O2/c19-14-10-13(6-7-15(14)20)24-18-16(25(26)27)17(22-11-23-18)21-9-8-12-4-2-1-3-5-12/h4,6-7,10-11H,1-3,5,8-9H2,(H2,21,22,23,24). The second-order valence-corrected chi connectivity index (χ2v) is 6.62. The highest BCUT2D eigenvalue weighted by Gasteiger charge is 2.23. The average Bonchev–Trinajstić information content (AvgIpc) is 2.65. The largest absolute Gasteiger partial charge is 0.364 e. The summed E-state index contributed by atoms with van der Waals surface area (Å²) < 4.78 is 13.3. The van der Waals surface area contributed by atoms with Gasteiger partial charge in [-0.25, -0.2) is 14.4 Å². The van der Waals surface area contributed by atoms with Crippen LogP contribution in [0.4, 0.5) is 27.4 Å². The van der Waals surface area contributed by atoms with Gasteiger partial charge in [0.15, 0.2) is 0 Å². The quantitative estimate of drug-likeness (QED) is 0.381. The molecule has 1 aromatic carbocycles. The van der Waals surface area contributed by atoms with Gasteiger partial charge in [-0.1, -0.05) is 23.3 Å². The number of nitrogens with one attached hydrogen (secondary N) is 2. The Bertz CT molecular complexity index is 875. The third-order valence-electron chi connectivity index (χ3n) is 4.31. The van der Waals surface area contributed by atoms with Crippen LogP contribution in [-0.4, -0.2) is 21.4 Å². The number of halogens is 2. The summed E-state index contributed by atoms with van der Waals surface area (Å²) in [5.41, 5.74) is 1.49. The maximum atomic E-state index is 13.3. The van der Waals surface area contributed by atoms with Gasteiger partial charge in [0.2, 0.25) is 11.6 Å². The molecule has 1 aliphatic rings. The number of hydrogen-bond acceptors (Lipinski definition) is 6. The zero-order valence-electron chi connectivity index (χ0n) is 14.5. The molecule has 0 aliphatic heterocycles. The minimum Gasteiger partial charge on any atom is -0.364 e. The minimum atomic E-state index is -0.571. The molecule has 0 unspecified atom stereocenters. The first-order valence-electron chi connectivity index (χ1n) is 8.68. The lowest BCUT2D eigenvalue weighted by atomic mass is 9.97. The molecular formula is C18H19ClFN5O2. The van der Waals surface area contributed by atoms with Gasteiger partial charge in [0.25, 0.3) is 0 Å². The fraction of sp³-hybridized carbons (Fsp3) is 0.333. The number of rotatable bonds is 7. The lowest BCUT2D eigenvalue weighted by Crippen LogP contribution is -2.10. The van der Waals surface area contributed by atoms with E-state index in [-0.39, 0.29) is 22.3 Å². The molecule has 2 N–H and O–H groups in total. The Labute approximate surface area is 160 Å². The summed E-state index contributed by atoms with van der Waals surface area (Å²) in [6, 6.07) is 3.94. The van der Waals surface area contributed by atoms with Crippen molar-refractivity contribution in [2.24, 2.45) is 0 Å². The lowest BCUT2D eigenvalue weighted by molar-refractivity contribution is -0.383. The van der Waals surface area contributed by atoms with Crippen molar-refractivity contribution in [2.75, 3.05) is 17.2 Å². The Hall–Kier alpha value is -2.74. The third-order valence-corrected chi connectivity index (χ3v) is 4.60. The van der Waals surface area contributed by atoms with Crippen molar-refractivity contribution in [3.8, 4) is 0 Å². The Balaban J connectivity index is 1.76. The van der Waals surface area contributed by atoms with E-state index >= 15 is 0 Å². The highest BCUT2D eigenvalue weighted by atomic mass is 35.5. The van der Waals surface area contributed by atoms with E-state index in [9.17, 15) is 14.5 Å². The molecule has 1 heterocycles. The van der Waals surface area contributed by atoms with Crippen LogP contribution in [0.25, 0.3) is 0 Å². The van der Waals surface area contributed by atoms with E-state index in [0.29, 0.717) is 12.2 Å². The number of nitrogens with zero attached hydrogens (tertiary/aromatic N) is 3. The van der Waals surface area contributed by atoms with Gasteiger partial charge in [-0.3, -0.25) is 10.1 Å². The number of anilines is 3. The van der Waals surface area contributed by atoms with Crippen molar-refractivity contribution in [2.45, 2.75) is 32.1 Å². The second-order valence-electron chi connectivity index (χ2n) is 6.22. The van der Waals surface area contributed by atoms with Crippen molar-refractivity contribution in [1.82, 2.24) is 9.97 Å². The van der Waals surface area contributed by atoms with Crippen LogP contribution in [-0.2, 0) is 0 Å². The van der Waals surface area contributed by atoms with Gasteiger partial charge >= 0.3 is 5.69 Å². The molecule has 0 fully saturated rings. The molecule has 1 aromatic heterocycles. The summed E-state index contributed by atoms with van der Waals surface area (Å²) in [6.07, 6.45) is 8.87. The minimum absolute atomic E-state index is 0.0112. The van der Waals surface area contributed by atoms with Crippen LogP contribution in [0.1, 0.15) is 32.1 Å². The van der Waals surface area contributed by atoms with Gasteiger partial charge in [0.05, 0.1) is 9.95 Å². The van der Waals surface area contributed by atoms with Gasteiger partial charge in [0.1, 0.15) is 12.1 Å². The summed E-state index contributed by atoms with van der Waals surface area (Å²) in [5, 5.41) is 17.3. The first kappa shape index (κ1) is 19.0. The van der Waals surface area contributed by atoms with Crippen molar-refractivity contribution in [3.63, 3.8) is 0 Å². The highest BCUT2D eigenvalue weighted by Crippen LogP contribution is 2.32. The smallest absolute Gasteiger partial charge is 0.353 e. The van der Waals surface area contributed by atoms with E-state index < -0.39 is 10.7 Å². The molecule has 0 radical (unpaired) electrons. The number of aromatic nitrogens is 2. The molecule has 0 atom stereocenters. The SMILES string of the molecule is O=[N+]([O-])c1c(NCCC2=CCCCC2)ncnc1Nc1ccc(F)c(Cl)c1. The van der Waals surface area contributed by atoms with Gasteiger partial charge in [-0.15, -0.1) is 0 Å². The van der Waals surface area contributed by atoms with Crippen molar-refractivity contribution < 1.29 is 9.31 Å². The van der Waals surface area contributed by atoms with Gasteiger partial charge < -0.3 is 10.6 Å². The summed E-state index contributed by atoms with van der Waals surface area (Å²) >= 11 is 5.76. The van der Waals surface area contributed by atoms with Gasteiger partial charge in [-0.05, 0) is 50.3 Å². The number of nitro groups is 1. The molecule has 0 saturated heterocycles. The zero-order valence-corrected chi connectivity index (χ0v) is 15.3. The Morgan fingerprint density at radius 2 is 2.07 bits per heavy atom. The van der Waals surface area contributed by atoms with E-state index in [2.05, 4.69) is 26.7 Å². The van der Waals surface area contributed by atoms with Gasteiger partial charge in [0, 0.05) is 12.2 Å². The fourth-order valence-electron chi connectivity index (χ4n) is 2.96. The van der Waals surface area contributed by atoms with Crippen LogP contribution in [0, 0.1) is 15.9 Å². The maximum Gasteiger partial charge on any atom is 0.353 e. The molecule has 142 valence electrons. The molecule has 27 heavy (non-hydrogen) atoms. The Morgan fingerprint density at radius 3 is 2.78 bits per heavy atom. The number of benzene rings is 1. The lowest BCUT2D eigenvalue weighted by Gasteiger charge is -2.14. The van der Waals surface area contributed by atoms with Crippen LogP contribution in [0.2, 0.25) is 5.02 Å². The monoisotopic (exact) mass is 391 g/mol. The molecule has 0 spiro atoms. The van der Waals surface area contributed by atoms with E-state index in [1.807, 2.05) is 0 Å². The summed E-state index contributed by atoms with van der Waals surface area (Å²) in [7, 11) is 0. The number of hydrogen-bond donors (Lipinski definition) is 2. The zero-order chi connectivity index (χ0) is 19.2. The molecule has 0 saturated carbocycles. The predicted octanol–water partition coefficient (Wildman–Crippen LogP) is 5.22. The first-order valence-corrected chi connectivity index (χ1v) is 9.05. The Kier molecular flexibility index (Phi) is 6.18. The fourth-order valence-corrected chi connectivity index (χ4v) is 3.14. The molecule has 0 amide bonds. The molecular weight excluding hydrogens is 373 g/mol. The third kappa shape index (κ3) is 4.91. The van der Waals surface area contributed by atoms with Crippen LogP contribution >= 0.6 is 11.6 Å². The molecule has 2 aromatic rings. The van der Waals surface area contributed by atoms with Crippen LogP contribution in [0.5, 0.6) is 0 Å². The van der Waals surface area contributed by atoms with E-state index in [1.54, 1.807) is 0 Å². The van der Waals surface area contributed by atoms with E-state index in [1.165, 1.54) is 42.9 Å². The van der Waals surface area contributed by atoms with Crippen molar-refractivity contribution in [1.29, 1.82) is 0 Å². The average molecular weight is 392 g/mol. The Morgan fingerprint density at radius 1 is 1.26 bits per heavy atom. The van der Waals surface area contributed by atoms with E-state index in [4.69, 9.17) is 11.6 Å². The van der Waals surface area contributed by atoms with Crippen LogP contribution in [0.3, 0.4) is 0 Å². The molecule has 9 heteroatoms. The highest BCUT2D eigenvalue weighted by molar-refractivity contribution is 6.31. The molecule has 3 rings (SSSR count). The molecule has 0 bridgehead atoms. The maximum absolute atomic E-state index is 13.3. The summed E-state index contributed by atoms with van der Waals surface area (Å²) in [6.45, 7) is 0.547. The first-order chi connectivity index (χ1) is 13.0. The van der Waals surface area contributed by atoms with Crippen LogP contribution in [0.15, 0.2) is 36.2 Å². The molecule has 7 nitrogen and oxygen atoms in total. The molecule has 1 aliphatic carbocycles. The summed E-state index contributed by atoms with van der Waals surface area (Å²) in [4.78, 5) is 19.0. The number of allylic oxidation sites excluding steroid dienone is 1. The van der Waals surface area contributed by atoms with Gasteiger partial charge in [-0.2, -0.15) is 0 Å². The van der Waals surface area contributed by atoms with Crippen molar-refractivity contribution >= 4 is 34.6 Å². The normalized spacial score (nSPS) is 13.8. The predicted molar refractivity (Wildman–Crippen MR) is 103 cm³/mol. The summed E-state index contributed by atoms with van der Waals surface area (Å²) in [5.74, 6) is -0.419. The van der Waals surface area contributed by atoms with Crippen molar-refractivity contribution in [3.05, 3.63) is 57.1 Å². The van der Waals surface area contributed by atoms with E-state index in [0.717, 1.165) is 19.3 Å². The van der Waals surface area contributed by atoms with Crippen LogP contribution < -0.4 is 10.6 Å².